The minimum Gasteiger partial charge on any atom is -0.342 e. The molecule has 0 aliphatic carbocycles. The summed E-state index contributed by atoms with van der Waals surface area (Å²) in [4.78, 5) is 24.1. The van der Waals surface area contributed by atoms with Gasteiger partial charge in [0, 0.05) is 26.2 Å². The fraction of sp³-hybridized carbons (Fsp3) is 0.615. The zero-order valence-electron chi connectivity index (χ0n) is 10.8. The molecule has 0 aromatic carbocycles. The van der Waals surface area contributed by atoms with Crippen LogP contribution in [0.4, 0.5) is 10.3 Å². The molecule has 0 saturated carbocycles. The molecule has 1 amide bonds. The van der Waals surface area contributed by atoms with Crippen molar-refractivity contribution < 1.29 is 9.18 Å². The lowest BCUT2D eigenvalue weighted by molar-refractivity contribution is -0.139. The van der Waals surface area contributed by atoms with Gasteiger partial charge in [-0.05, 0) is 19.3 Å². The van der Waals surface area contributed by atoms with Crippen molar-refractivity contribution in [1.29, 1.82) is 0 Å². The average molecular weight is 264 g/mol. The molecule has 2 aliphatic heterocycles. The lowest BCUT2D eigenvalue weighted by Gasteiger charge is -2.38. The number of nitrogens with zero attached hydrogens (tertiary/aromatic N) is 4. The number of carbonyl (C=O) groups excluding carboxylic acids is 1. The summed E-state index contributed by atoms with van der Waals surface area (Å²) in [5.74, 6) is 0.359. The summed E-state index contributed by atoms with van der Waals surface area (Å²) in [6.07, 6.45) is 5.33. The Hall–Kier alpha value is -1.72. The van der Waals surface area contributed by atoms with Crippen molar-refractivity contribution in [3.8, 4) is 0 Å². The first-order valence-corrected chi connectivity index (χ1v) is 6.75. The Morgan fingerprint density at radius 3 is 2.58 bits per heavy atom. The molecular formula is C13H17FN4O. The van der Waals surface area contributed by atoms with Crippen LogP contribution in [-0.4, -0.2) is 47.0 Å². The van der Waals surface area contributed by atoms with Crippen molar-refractivity contribution >= 4 is 11.9 Å². The van der Waals surface area contributed by atoms with Gasteiger partial charge in [-0.3, -0.25) is 4.79 Å². The molecule has 6 heteroatoms. The number of piperidine rings is 1. The van der Waals surface area contributed by atoms with Crippen LogP contribution in [0.2, 0.25) is 0 Å². The fourth-order valence-corrected chi connectivity index (χ4v) is 2.62. The van der Waals surface area contributed by atoms with Gasteiger partial charge in [0.05, 0.1) is 18.3 Å². The zero-order chi connectivity index (χ0) is 13.2. The number of rotatable bonds is 2. The van der Waals surface area contributed by atoms with Crippen molar-refractivity contribution in [2.75, 3.05) is 31.1 Å². The van der Waals surface area contributed by atoms with Crippen molar-refractivity contribution in [2.45, 2.75) is 19.3 Å². The third-order valence-corrected chi connectivity index (χ3v) is 3.83. The van der Waals surface area contributed by atoms with Crippen molar-refractivity contribution in [1.82, 2.24) is 14.9 Å². The third-order valence-electron chi connectivity index (χ3n) is 3.83. The second kappa shape index (κ2) is 5.11. The first kappa shape index (κ1) is 12.3. The number of amides is 1. The molecule has 1 atom stereocenters. The maximum Gasteiger partial charge on any atom is 0.227 e. The molecule has 1 aromatic rings. The van der Waals surface area contributed by atoms with Gasteiger partial charge < -0.3 is 9.80 Å². The molecule has 3 rings (SSSR count). The van der Waals surface area contributed by atoms with Gasteiger partial charge in [0.2, 0.25) is 11.9 Å². The minimum absolute atomic E-state index is 0.0303. The standard InChI is InChI=1S/C13H17FN4O/c14-11-7-15-13(16-8-11)18-4-1-3-10(9-18)12(19)17-5-2-6-17/h7-8,10H,1-6,9H2/t10-/m1/s1. The number of halogens is 1. The highest BCUT2D eigenvalue weighted by Crippen LogP contribution is 2.23. The fourth-order valence-electron chi connectivity index (χ4n) is 2.62. The predicted molar refractivity (Wildman–Crippen MR) is 68.1 cm³/mol. The normalized spacial score (nSPS) is 23.1. The number of hydrogen-bond acceptors (Lipinski definition) is 4. The number of anilines is 1. The monoisotopic (exact) mass is 264 g/mol. The van der Waals surface area contributed by atoms with Gasteiger partial charge >= 0.3 is 0 Å². The highest BCUT2D eigenvalue weighted by molar-refractivity contribution is 5.80. The molecule has 2 saturated heterocycles. The van der Waals surface area contributed by atoms with Crippen LogP contribution in [0.25, 0.3) is 0 Å². The summed E-state index contributed by atoms with van der Waals surface area (Å²) in [5.41, 5.74) is 0. The van der Waals surface area contributed by atoms with Gasteiger partial charge in [0.25, 0.3) is 0 Å². The lowest BCUT2D eigenvalue weighted by Crippen LogP contribution is -2.49. The van der Waals surface area contributed by atoms with Crippen molar-refractivity contribution in [3.63, 3.8) is 0 Å². The summed E-state index contributed by atoms with van der Waals surface area (Å²) in [7, 11) is 0. The molecule has 0 bridgehead atoms. The highest BCUT2D eigenvalue weighted by Gasteiger charge is 2.32. The molecule has 0 spiro atoms. The molecular weight excluding hydrogens is 247 g/mol. The minimum atomic E-state index is -0.436. The summed E-state index contributed by atoms with van der Waals surface area (Å²) in [6, 6.07) is 0. The van der Waals surface area contributed by atoms with Gasteiger partial charge in [-0.25, -0.2) is 14.4 Å². The van der Waals surface area contributed by atoms with Crippen LogP contribution in [-0.2, 0) is 4.79 Å². The molecule has 5 nitrogen and oxygen atoms in total. The smallest absolute Gasteiger partial charge is 0.227 e. The van der Waals surface area contributed by atoms with Crippen molar-refractivity contribution in [3.05, 3.63) is 18.2 Å². The molecule has 0 N–H and O–H groups in total. The summed E-state index contributed by atoms with van der Waals surface area (Å²) >= 11 is 0. The van der Waals surface area contributed by atoms with E-state index in [9.17, 15) is 9.18 Å². The van der Waals surface area contributed by atoms with Gasteiger partial charge in [0.1, 0.15) is 0 Å². The Morgan fingerprint density at radius 1 is 1.21 bits per heavy atom. The van der Waals surface area contributed by atoms with Crippen molar-refractivity contribution in [2.24, 2.45) is 5.92 Å². The number of hydrogen-bond donors (Lipinski definition) is 0. The van der Waals surface area contributed by atoms with E-state index in [2.05, 4.69) is 9.97 Å². The van der Waals surface area contributed by atoms with Crippen LogP contribution in [0.3, 0.4) is 0 Å². The van der Waals surface area contributed by atoms with Gasteiger partial charge in [-0.15, -0.1) is 0 Å². The Bertz CT molecular complexity index is 460. The molecule has 19 heavy (non-hydrogen) atoms. The van der Waals surface area contributed by atoms with E-state index < -0.39 is 5.82 Å². The quantitative estimate of drug-likeness (QED) is 0.801. The van der Waals surface area contributed by atoms with E-state index >= 15 is 0 Å². The van der Waals surface area contributed by atoms with E-state index in [4.69, 9.17) is 0 Å². The van der Waals surface area contributed by atoms with Crippen LogP contribution in [0.1, 0.15) is 19.3 Å². The number of carbonyl (C=O) groups is 1. The van der Waals surface area contributed by atoms with E-state index in [1.165, 1.54) is 12.4 Å². The lowest BCUT2D eigenvalue weighted by atomic mass is 9.95. The maximum atomic E-state index is 12.8. The number of likely N-dealkylation sites (tertiary alicyclic amines) is 1. The molecule has 0 radical (unpaired) electrons. The Labute approximate surface area is 111 Å². The Balaban J connectivity index is 1.67. The summed E-state index contributed by atoms with van der Waals surface area (Å²) in [6.45, 7) is 3.25. The highest BCUT2D eigenvalue weighted by atomic mass is 19.1. The third kappa shape index (κ3) is 2.52. The van der Waals surface area contributed by atoms with Crippen LogP contribution < -0.4 is 4.90 Å². The van der Waals surface area contributed by atoms with E-state index in [1.54, 1.807) is 0 Å². The predicted octanol–water partition coefficient (Wildman–Crippen LogP) is 1.06. The summed E-state index contributed by atoms with van der Waals surface area (Å²) in [5, 5.41) is 0. The average Bonchev–Trinajstić information content (AvgIpc) is 2.38. The van der Waals surface area contributed by atoms with Gasteiger partial charge in [-0.2, -0.15) is 0 Å². The molecule has 0 unspecified atom stereocenters. The van der Waals surface area contributed by atoms with Crippen LogP contribution in [0.5, 0.6) is 0 Å². The molecule has 2 fully saturated rings. The van der Waals surface area contributed by atoms with Crippen LogP contribution in [0, 0.1) is 11.7 Å². The summed E-state index contributed by atoms with van der Waals surface area (Å²) < 4.78 is 12.8. The van der Waals surface area contributed by atoms with Crippen LogP contribution in [0.15, 0.2) is 12.4 Å². The molecule has 2 aliphatic rings. The first-order chi connectivity index (χ1) is 9.24. The Kier molecular flexibility index (Phi) is 3.31. The SMILES string of the molecule is O=C([C@@H]1CCCN(c2ncc(F)cn2)C1)N1CCC1. The topological polar surface area (TPSA) is 49.3 Å². The van der Waals surface area contributed by atoms with Crippen LogP contribution >= 0.6 is 0 Å². The van der Waals surface area contributed by atoms with E-state index in [1.807, 2.05) is 9.80 Å². The number of aromatic nitrogens is 2. The van der Waals surface area contributed by atoms with Gasteiger partial charge in [-0.1, -0.05) is 0 Å². The molecule has 1 aromatic heterocycles. The van der Waals surface area contributed by atoms with Gasteiger partial charge in [0.15, 0.2) is 5.82 Å². The Morgan fingerprint density at radius 2 is 1.95 bits per heavy atom. The van der Waals surface area contributed by atoms with E-state index in [-0.39, 0.29) is 11.8 Å². The van der Waals surface area contributed by atoms with E-state index in [0.29, 0.717) is 12.5 Å². The second-order valence-electron chi connectivity index (χ2n) is 5.17. The molecule has 102 valence electrons. The first-order valence-electron chi connectivity index (χ1n) is 6.75. The zero-order valence-corrected chi connectivity index (χ0v) is 10.8. The van der Waals surface area contributed by atoms with E-state index in [0.717, 1.165) is 38.9 Å². The molecule has 3 heterocycles. The maximum absolute atomic E-state index is 12.8. The second-order valence-corrected chi connectivity index (χ2v) is 5.17. The largest absolute Gasteiger partial charge is 0.342 e.